The number of hydrogen-bond acceptors (Lipinski definition) is 6. The number of carbonyl (C=O) groups is 2. The zero-order valence-corrected chi connectivity index (χ0v) is 19.9. The zero-order valence-electron chi connectivity index (χ0n) is 19.9. The predicted molar refractivity (Wildman–Crippen MR) is 131 cm³/mol. The lowest BCUT2D eigenvalue weighted by atomic mass is 9.73. The highest BCUT2D eigenvalue weighted by atomic mass is 16.6. The van der Waals surface area contributed by atoms with Crippen molar-refractivity contribution in [3.05, 3.63) is 96.1 Å². The summed E-state index contributed by atoms with van der Waals surface area (Å²) < 4.78 is 10.7. The Bertz CT molecular complexity index is 874. The monoisotopic (exact) mass is 466 g/mol. The molecule has 2 aromatic carbocycles. The lowest BCUT2D eigenvalue weighted by Crippen LogP contribution is -2.60. The number of esters is 2. The summed E-state index contributed by atoms with van der Waals surface area (Å²) >= 11 is 0. The first-order valence-corrected chi connectivity index (χ1v) is 11.6. The van der Waals surface area contributed by atoms with Gasteiger partial charge < -0.3 is 19.7 Å². The minimum Gasteiger partial charge on any atom is -0.463 e. The van der Waals surface area contributed by atoms with Gasteiger partial charge in [0.05, 0.1) is 13.2 Å². The molecule has 182 valence electrons. The summed E-state index contributed by atoms with van der Waals surface area (Å²) in [6.07, 6.45) is 10.1. The highest BCUT2D eigenvalue weighted by Gasteiger charge is 2.64. The number of benzene rings is 2. The van der Waals surface area contributed by atoms with Crippen LogP contribution in [-0.2, 0) is 30.3 Å². The summed E-state index contributed by atoms with van der Waals surface area (Å²) in [6, 6.07) is 15.6. The van der Waals surface area contributed by atoms with Gasteiger partial charge in [-0.2, -0.15) is 0 Å². The Morgan fingerprint density at radius 2 is 1.03 bits per heavy atom. The van der Waals surface area contributed by atoms with E-state index in [1.807, 2.05) is 38.2 Å². The lowest BCUT2D eigenvalue weighted by Gasteiger charge is -2.40. The van der Waals surface area contributed by atoms with E-state index in [0.29, 0.717) is 12.8 Å². The van der Waals surface area contributed by atoms with E-state index in [0.717, 1.165) is 12.8 Å². The van der Waals surface area contributed by atoms with E-state index >= 15 is 0 Å². The number of aliphatic hydroxyl groups is 2. The first kappa shape index (κ1) is 27.0. The van der Waals surface area contributed by atoms with Crippen molar-refractivity contribution in [3.63, 3.8) is 0 Å². The van der Waals surface area contributed by atoms with Gasteiger partial charge in [0, 0.05) is 0 Å². The number of hydrogen-bond donors (Lipinski definition) is 2. The summed E-state index contributed by atoms with van der Waals surface area (Å²) in [5.74, 6) is -2.28. The standard InChI is InChI=1S/C28H34O6/c1-3-5-7-15-21-33-25(29)27(31,23-17-11-9-12-18-23)28(32,24-19-13-10-14-20-24)26(30)34-22-16-8-6-4-2/h5-14,17-20,31-32H,3-4,15-16,21-22H2,1-2H3/b7-5+,8-6+. The average molecular weight is 467 g/mol. The molecule has 0 aliphatic heterocycles. The van der Waals surface area contributed by atoms with Crippen molar-refractivity contribution in [2.45, 2.75) is 50.7 Å². The van der Waals surface area contributed by atoms with E-state index < -0.39 is 23.1 Å². The van der Waals surface area contributed by atoms with Crippen LogP contribution in [0, 0.1) is 0 Å². The van der Waals surface area contributed by atoms with Crippen LogP contribution in [-0.4, -0.2) is 35.4 Å². The van der Waals surface area contributed by atoms with E-state index in [1.54, 1.807) is 36.4 Å². The molecule has 0 aliphatic carbocycles. The van der Waals surface area contributed by atoms with Gasteiger partial charge in [-0.1, -0.05) is 98.8 Å². The molecule has 2 N–H and O–H groups in total. The molecule has 0 aromatic heterocycles. The molecule has 0 radical (unpaired) electrons. The Morgan fingerprint density at radius 1 is 0.676 bits per heavy atom. The molecule has 0 amide bonds. The van der Waals surface area contributed by atoms with Gasteiger partial charge >= 0.3 is 11.9 Å². The van der Waals surface area contributed by atoms with Crippen LogP contribution in [0.15, 0.2) is 85.0 Å². The van der Waals surface area contributed by atoms with Crippen molar-refractivity contribution in [2.75, 3.05) is 13.2 Å². The Kier molecular flexibility index (Phi) is 10.7. The molecule has 2 rings (SSSR count). The fraction of sp³-hybridized carbons (Fsp3) is 0.357. The average Bonchev–Trinajstić information content (AvgIpc) is 2.88. The van der Waals surface area contributed by atoms with Crippen LogP contribution in [0.1, 0.15) is 50.7 Å². The fourth-order valence-corrected chi connectivity index (χ4v) is 3.52. The minimum absolute atomic E-state index is 0.0123. The Hall–Kier alpha value is -3.22. The maximum Gasteiger partial charge on any atom is 0.347 e. The van der Waals surface area contributed by atoms with Gasteiger partial charge in [-0.25, -0.2) is 9.59 Å². The van der Waals surface area contributed by atoms with E-state index in [4.69, 9.17) is 9.47 Å². The summed E-state index contributed by atoms with van der Waals surface area (Å²) in [4.78, 5) is 26.7. The van der Waals surface area contributed by atoms with Crippen LogP contribution in [0.25, 0.3) is 0 Å². The quantitative estimate of drug-likeness (QED) is 0.255. The van der Waals surface area contributed by atoms with Gasteiger partial charge in [-0.15, -0.1) is 0 Å². The topological polar surface area (TPSA) is 93.1 Å². The van der Waals surface area contributed by atoms with Crippen LogP contribution < -0.4 is 0 Å². The molecule has 0 spiro atoms. The van der Waals surface area contributed by atoms with Gasteiger partial charge in [0.2, 0.25) is 11.2 Å². The van der Waals surface area contributed by atoms with E-state index in [1.165, 1.54) is 24.3 Å². The molecule has 0 saturated heterocycles. The highest BCUT2D eigenvalue weighted by molar-refractivity contribution is 5.94. The Balaban J connectivity index is 2.51. The van der Waals surface area contributed by atoms with E-state index in [2.05, 4.69) is 0 Å². The van der Waals surface area contributed by atoms with Gasteiger partial charge in [0.15, 0.2) is 0 Å². The number of ether oxygens (including phenoxy) is 2. The number of rotatable bonds is 13. The third-order valence-corrected chi connectivity index (χ3v) is 5.34. The second-order valence-electron chi connectivity index (χ2n) is 7.76. The van der Waals surface area contributed by atoms with Crippen LogP contribution in [0.2, 0.25) is 0 Å². The molecule has 0 heterocycles. The third-order valence-electron chi connectivity index (χ3n) is 5.34. The maximum atomic E-state index is 13.4. The van der Waals surface area contributed by atoms with Crippen LogP contribution in [0.4, 0.5) is 0 Å². The first-order chi connectivity index (χ1) is 16.4. The zero-order chi connectivity index (χ0) is 24.9. The molecule has 2 unspecified atom stereocenters. The second kappa shape index (κ2) is 13.5. The normalized spacial score (nSPS) is 15.1. The molecule has 6 heteroatoms. The van der Waals surface area contributed by atoms with Crippen molar-refractivity contribution in [1.82, 2.24) is 0 Å². The molecular weight excluding hydrogens is 432 g/mol. The highest BCUT2D eigenvalue weighted by Crippen LogP contribution is 2.43. The Labute approximate surface area is 201 Å². The molecule has 2 aromatic rings. The SMILES string of the molecule is CC/C=C/CCOC(=O)C(O)(c1ccccc1)C(O)(C(=O)OCC/C=C/CC)c1ccccc1. The summed E-state index contributed by atoms with van der Waals surface area (Å²) in [5, 5.41) is 23.8. The smallest absolute Gasteiger partial charge is 0.347 e. The summed E-state index contributed by atoms with van der Waals surface area (Å²) in [5.41, 5.74) is -5.47. The molecule has 0 fully saturated rings. The van der Waals surface area contributed by atoms with Crippen molar-refractivity contribution < 1.29 is 29.3 Å². The van der Waals surface area contributed by atoms with E-state index in [9.17, 15) is 19.8 Å². The molecule has 2 atom stereocenters. The molecule has 0 bridgehead atoms. The van der Waals surface area contributed by atoms with Gasteiger partial charge in [0.1, 0.15) is 0 Å². The van der Waals surface area contributed by atoms with Crippen molar-refractivity contribution >= 4 is 11.9 Å². The van der Waals surface area contributed by atoms with E-state index in [-0.39, 0.29) is 24.3 Å². The number of carbonyl (C=O) groups excluding carboxylic acids is 2. The molecule has 0 aliphatic rings. The van der Waals surface area contributed by atoms with Crippen molar-refractivity contribution in [1.29, 1.82) is 0 Å². The van der Waals surface area contributed by atoms with Crippen molar-refractivity contribution in [3.8, 4) is 0 Å². The molecule has 34 heavy (non-hydrogen) atoms. The predicted octanol–water partition coefficient (Wildman–Crippen LogP) is 4.56. The lowest BCUT2D eigenvalue weighted by molar-refractivity contribution is -0.220. The minimum atomic E-state index is -2.75. The summed E-state index contributed by atoms with van der Waals surface area (Å²) in [7, 11) is 0. The van der Waals surface area contributed by atoms with Crippen LogP contribution in [0.3, 0.4) is 0 Å². The fourth-order valence-electron chi connectivity index (χ4n) is 3.52. The molecule has 6 nitrogen and oxygen atoms in total. The van der Waals surface area contributed by atoms with Crippen LogP contribution in [0.5, 0.6) is 0 Å². The number of allylic oxidation sites excluding steroid dienone is 2. The van der Waals surface area contributed by atoms with Crippen LogP contribution >= 0.6 is 0 Å². The Morgan fingerprint density at radius 3 is 1.35 bits per heavy atom. The molecular formula is C28H34O6. The third kappa shape index (κ3) is 6.22. The molecule has 0 saturated carbocycles. The largest absolute Gasteiger partial charge is 0.463 e. The van der Waals surface area contributed by atoms with Gasteiger partial charge in [-0.3, -0.25) is 0 Å². The maximum absolute atomic E-state index is 13.4. The summed E-state index contributed by atoms with van der Waals surface area (Å²) in [6.45, 7) is 3.93. The second-order valence-corrected chi connectivity index (χ2v) is 7.76. The first-order valence-electron chi connectivity index (χ1n) is 11.6. The van der Waals surface area contributed by atoms with Gasteiger partial charge in [-0.05, 0) is 36.8 Å². The van der Waals surface area contributed by atoms with Crippen molar-refractivity contribution in [2.24, 2.45) is 0 Å². The van der Waals surface area contributed by atoms with Gasteiger partial charge in [0.25, 0.3) is 0 Å².